The van der Waals surface area contributed by atoms with Gasteiger partial charge in [-0.3, -0.25) is 14.3 Å². The number of hydrogen-bond acceptors (Lipinski definition) is 5. The predicted molar refractivity (Wildman–Crippen MR) is 126 cm³/mol. The van der Waals surface area contributed by atoms with Gasteiger partial charge in [0.2, 0.25) is 5.91 Å². The van der Waals surface area contributed by atoms with E-state index in [1.165, 1.54) is 4.57 Å². The second kappa shape index (κ2) is 8.63. The fourth-order valence-electron chi connectivity index (χ4n) is 4.08. The molecule has 9 nitrogen and oxygen atoms in total. The fraction of sp³-hybridized carbons (Fsp3) is 0.208. The summed E-state index contributed by atoms with van der Waals surface area (Å²) in [6.07, 6.45) is 3.74. The number of imidazole rings is 1. The van der Waals surface area contributed by atoms with Crippen LogP contribution in [0.15, 0.2) is 66.1 Å². The average Bonchev–Trinajstić information content (AvgIpc) is 3.39. The lowest BCUT2D eigenvalue weighted by molar-refractivity contribution is -0.158. The maximum atomic E-state index is 13.4. The third-order valence-corrected chi connectivity index (χ3v) is 5.94. The highest BCUT2D eigenvalue weighted by Gasteiger charge is 2.37. The first-order valence-corrected chi connectivity index (χ1v) is 11.0. The molecule has 0 radical (unpaired) electrons. The largest absolute Gasteiger partial charge is 0.408 e. The van der Waals surface area contributed by atoms with Crippen molar-refractivity contribution in [1.82, 2.24) is 34.0 Å². The molecule has 0 bridgehead atoms. The molecule has 0 aliphatic heterocycles. The molecule has 12 heteroatoms. The van der Waals surface area contributed by atoms with Gasteiger partial charge in [0.15, 0.2) is 0 Å². The Bertz CT molecular complexity index is 1650. The lowest BCUT2D eigenvalue weighted by Crippen LogP contribution is -2.45. The molecule has 5 aromatic rings. The zero-order chi connectivity index (χ0) is 25.6. The molecule has 0 aliphatic carbocycles. The molecular weight excluding hydrogens is 475 g/mol. The Balaban J connectivity index is 1.55. The van der Waals surface area contributed by atoms with Gasteiger partial charge in [0.05, 0.1) is 28.9 Å². The van der Waals surface area contributed by atoms with E-state index in [1.54, 1.807) is 72.8 Å². The number of fused-ring (bicyclic) bond motifs is 2. The van der Waals surface area contributed by atoms with Crippen LogP contribution in [0.4, 0.5) is 13.2 Å². The zero-order valence-electron chi connectivity index (χ0n) is 19.2. The van der Waals surface area contributed by atoms with Gasteiger partial charge >= 0.3 is 11.9 Å². The molecule has 0 saturated carbocycles. The van der Waals surface area contributed by atoms with Crippen LogP contribution in [-0.4, -0.2) is 46.8 Å². The van der Waals surface area contributed by atoms with Gasteiger partial charge < -0.3 is 5.32 Å². The number of aromatic nitrogens is 6. The molecule has 1 amide bonds. The number of hydrogen-bond donors (Lipinski definition) is 1. The van der Waals surface area contributed by atoms with Crippen LogP contribution < -0.4 is 11.0 Å². The Morgan fingerprint density at radius 2 is 1.92 bits per heavy atom. The standard InChI is InChI=1S/C24H20F3N7O2/c1-14-4-3-5-18-22(14)34(23(36)32(18)13-21(35)31-15(2)24(25,26)27)20-7-6-16(10-29-20)17-11-30-33-9-8-28-12-19(17)33/h3-12,15H,13H2,1-2H3,(H,31,35). The number of nitrogens with one attached hydrogen (secondary N) is 1. The van der Waals surface area contributed by atoms with E-state index >= 15 is 0 Å². The number of carbonyl (C=O) groups is 1. The first-order valence-electron chi connectivity index (χ1n) is 11.0. The van der Waals surface area contributed by atoms with Gasteiger partial charge in [0.25, 0.3) is 0 Å². The van der Waals surface area contributed by atoms with Crippen LogP contribution in [0.2, 0.25) is 0 Å². The SMILES string of the molecule is Cc1cccc2c1n(-c1ccc(-c3cnn4ccncc34)cn1)c(=O)n2CC(=O)NC(C)C(F)(F)F. The zero-order valence-corrected chi connectivity index (χ0v) is 19.2. The summed E-state index contributed by atoms with van der Waals surface area (Å²) in [6.45, 7) is 2.08. The van der Waals surface area contributed by atoms with Crippen molar-refractivity contribution >= 4 is 22.5 Å². The highest BCUT2D eigenvalue weighted by atomic mass is 19.4. The fourth-order valence-corrected chi connectivity index (χ4v) is 4.08. The van der Waals surface area contributed by atoms with Crippen molar-refractivity contribution < 1.29 is 18.0 Å². The van der Waals surface area contributed by atoms with Crippen molar-refractivity contribution in [3.05, 3.63) is 77.4 Å². The van der Waals surface area contributed by atoms with E-state index in [0.717, 1.165) is 33.7 Å². The summed E-state index contributed by atoms with van der Waals surface area (Å²) >= 11 is 0. The summed E-state index contributed by atoms with van der Waals surface area (Å²) in [5.74, 6) is -0.618. The van der Waals surface area contributed by atoms with Crippen molar-refractivity contribution in [1.29, 1.82) is 0 Å². The Morgan fingerprint density at radius 3 is 2.64 bits per heavy atom. The van der Waals surface area contributed by atoms with E-state index in [2.05, 4.69) is 15.1 Å². The number of aryl methyl sites for hydroxylation is 1. The van der Waals surface area contributed by atoms with Crippen molar-refractivity contribution in [3.8, 4) is 16.9 Å². The monoisotopic (exact) mass is 495 g/mol. The van der Waals surface area contributed by atoms with Gasteiger partial charge in [0, 0.05) is 29.7 Å². The highest BCUT2D eigenvalue weighted by Crippen LogP contribution is 2.26. The van der Waals surface area contributed by atoms with Crippen LogP contribution in [0.25, 0.3) is 33.5 Å². The summed E-state index contributed by atoms with van der Waals surface area (Å²) in [5, 5.41) is 6.19. The van der Waals surface area contributed by atoms with Crippen LogP contribution in [0.1, 0.15) is 12.5 Å². The Morgan fingerprint density at radius 1 is 1.11 bits per heavy atom. The molecule has 1 aromatic carbocycles. The summed E-state index contributed by atoms with van der Waals surface area (Å²) in [5.41, 5.74) is 3.44. The van der Waals surface area contributed by atoms with E-state index in [4.69, 9.17) is 0 Å². The molecule has 0 aliphatic rings. The number of halogens is 3. The van der Waals surface area contributed by atoms with Crippen LogP contribution >= 0.6 is 0 Å². The van der Waals surface area contributed by atoms with Crippen LogP contribution in [-0.2, 0) is 11.3 Å². The van der Waals surface area contributed by atoms with Crippen LogP contribution in [0.5, 0.6) is 0 Å². The molecule has 1 atom stereocenters. The third-order valence-electron chi connectivity index (χ3n) is 5.94. The Kier molecular flexibility index (Phi) is 5.58. The molecule has 4 heterocycles. The van der Waals surface area contributed by atoms with E-state index in [9.17, 15) is 22.8 Å². The number of alkyl halides is 3. The van der Waals surface area contributed by atoms with Gasteiger partial charge in [-0.05, 0) is 37.6 Å². The maximum Gasteiger partial charge on any atom is 0.408 e. The summed E-state index contributed by atoms with van der Waals surface area (Å²) in [7, 11) is 0. The number of carbonyl (C=O) groups excluding carboxylic acids is 1. The van der Waals surface area contributed by atoms with Gasteiger partial charge in [-0.25, -0.2) is 18.9 Å². The van der Waals surface area contributed by atoms with Crippen LogP contribution in [0, 0.1) is 6.92 Å². The quantitative estimate of drug-likeness (QED) is 0.404. The van der Waals surface area contributed by atoms with Gasteiger partial charge in [0.1, 0.15) is 18.4 Å². The van der Waals surface area contributed by atoms with E-state index < -0.39 is 30.4 Å². The van der Waals surface area contributed by atoms with Gasteiger partial charge in [-0.1, -0.05) is 12.1 Å². The van der Waals surface area contributed by atoms with Crippen molar-refractivity contribution in [3.63, 3.8) is 0 Å². The molecule has 1 N–H and O–H groups in total. The second-order valence-electron chi connectivity index (χ2n) is 8.35. The van der Waals surface area contributed by atoms with E-state index in [1.807, 2.05) is 5.32 Å². The minimum absolute atomic E-state index is 0.306. The number of amides is 1. The highest BCUT2D eigenvalue weighted by molar-refractivity contribution is 5.84. The first kappa shape index (κ1) is 23.3. The molecule has 0 fully saturated rings. The minimum Gasteiger partial charge on any atom is -0.343 e. The van der Waals surface area contributed by atoms with Crippen LogP contribution in [0.3, 0.4) is 0 Å². The molecule has 36 heavy (non-hydrogen) atoms. The molecule has 0 spiro atoms. The topological polar surface area (TPSA) is 99.1 Å². The Hall–Kier alpha value is -4.48. The van der Waals surface area contributed by atoms with Gasteiger partial charge in [-0.15, -0.1) is 0 Å². The van der Waals surface area contributed by atoms with Crippen molar-refractivity contribution in [2.75, 3.05) is 0 Å². The molecule has 184 valence electrons. The third kappa shape index (κ3) is 4.00. The number of nitrogens with zero attached hydrogens (tertiary/aromatic N) is 6. The molecule has 0 saturated heterocycles. The number of para-hydroxylation sites is 1. The van der Waals surface area contributed by atoms with E-state index in [-0.39, 0.29) is 0 Å². The van der Waals surface area contributed by atoms with Crippen molar-refractivity contribution in [2.45, 2.75) is 32.6 Å². The lowest BCUT2D eigenvalue weighted by Gasteiger charge is -2.17. The first-order chi connectivity index (χ1) is 17.1. The van der Waals surface area contributed by atoms with Crippen molar-refractivity contribution in [2.24, 2.45) is 0 Å². The Labute approximate surface area is 201 Å². The number of pyridine rings is 1. The normalized spacial score (nSPS) is 12.8. The lowest BCUT2D eigenvalue weighted by atomic mass is 10.1. The van der Waals surface area contributed by atoms with E-state index in [0.29, 0.717) is 16.9 Å². The summed E-state index contributed by atoms with van der Waals surface area (Å²) in [4.78, 5) is 34.4. The number of benzene rings is 1. The number of rotatable bonds is 5. The molecular formula is C24H20F3N7O2. The molecule has 1 unspecified atom stereocenters. The van der Waals surface area contributed by atoms with Gasteiger partial charge in [-0.2, -0.15) is 18.3 Å². The second-order valence-corrected chi connectivity index (χ2v) is 8.35. The predicted octanol–water partition coefficient (Wildman–Crippen LogP) is 3.27. The molecule has 5 rings (SSSR count). The molecule has 4 aromatic heterocycles. The smallest absolute Gasteiger partial charge is 0.343 e. The summed E-state index contributed by atoms with van der Waals surface area (Å²) < 4.78 is 42.8. The minimum atomic E-state index is -4.59. The average molecular weight is 495 g/mol. The maximum absolute atomic E-state index is 13.4. The summed E-state index contributed by atoms with van der Waals surface area (Å²) in [6, 6.07) is 6.57.